The second-order valence-corrected chi connectivity index (χ2v) is 4.78. The van der Waals surface area contributed by atoms with Crippen molar-refractivity contribution < 1.29 is 0 Å². The quantitative estimate of drug-likeness (QED) is 0.812. The fourth-order valence-electron chi connectivity index (χ4n) is 0.993. The Kier molecular flexibility index (Phi) is 3.00. The third kappa shape index (κ3) is 2.46. The van der Waals surface area contributed by atoms with Crippen LogP contribution in [0.15, 0.2) is 34.2 Å². The maximum absolute atomic E-state index is 5.65. The van der Waals surface area contributed by atoms with Gasteiger partial charge in [0.2, 0.25) is 0 Å². The van der Waals surface area contributed by atoms with Gasteiger partial charge in [0.15, 0.2) is 0 Å². The van der Waals surface area contributed by atoms with Crippen LogP contribution < -0.4 is 5.73 Å². The van der Waals surface area contributed by atoms with Crippen LogP contribution in [0.1, 0.15) is 5.69 Å². The number of anilines is 1. The fraction of sp³-hybridized carbons (Fsp3) is 0.111. The number of thiazole rings is 1. The minimum atomic E-state index is 0.759. The average molecular weight is 223 g/mol. The first kappa shape index (κ1) is 9.48. The first-order valence-corrected chi connectivity index (χ1v) is 5.94. The number of nitrogens with two attached hydrogens (primary N) is 1. The summed E-state index contributed by atoms with van der Waals surface area (Å²) in [5.74, 6) is 0.818. The van der Waals surface area contributed by atoms with Crippen LogP contribution in [0.5, 0.6) is 0 Å². The summed E-state index contributed by atoms with van der Waals surface area (Å²) in [4.78, 5) is 8.39. The standard InChI is InChI=1S/C9H9N3S2/c10-7-1-2-11-8(5-7)6-14-9-12-3-4-13-9/h1-5H,6H2,(H2,10,11). The molecule has 0 bridgehead atoms. The molecule has 2 heterocycles. The van der Waals surface area contributed by atoms with E-state index in [1.165, 1.54) is 0 Å². The van der Waals surface area contributed by atoms with Crippen LogP contribution >= 0.6 is 23.1 Å². The van der Waals surface area contributed by atoms with Gasteiger partial charge in [-0.3, -0.25) is 4.98 Å². The summed E-state index contributed by atoms with van der Waals surface area (Å²) in [5, 5.41) is 1.97. The van der Waals surface area contributed by atoms with Gasteiger partial charge in [-0.15, -0.1) is 11.3 Å². The lowest BCUT2D eigenvalue weighted by molar-refractivity contribution is 1.17. The molecule has 0 spiro atoms. The van der Waals surface area contributed by atoms with Crippen molar-refractivity contribution in [1.29, 1.82) is 0 Å². The van der Waals surface area contributed by atoms with Gasteiger partial charge in [0.25, 0.3) is 0 Å². The van der Waals surface area contributed by atoms with Crippen LogP contribution in [0.4, 0.5) is 5.69 Å². The Bertz CT molecular complexity index is 400. The number of nitrogen functional groups attached to an aromatic ring is 1. The maximum atomic E-state index is 5.65. The van der Waals surface area contributed by atoms with Crippen LogP contribution in [0.2, 0.25) is 0 Å². The van der Waals surface area contributed by atoms with Crippen LogP contribution in [0.3, 0.4) is 0 Å². The molecule has 2 N–H and O–H groups in total. The van der Waals surface area contributed by atoms with Gasteiger partial charge >= 0.3 is 0 Å². The molecule has 5 heteroatoms. The second-order valence-electron chi connectivity index (χ2n) is 2.67. The van der Waals surface area contributed by atoms with Crippen molar-refractivity contribution >= 4 is 28.8 Å². The topological polar surface area (TPSA) is 51.8 Å². The normalized spacial score (nSPS) is 10.3. The molecule has 0 fully saturated rings. The van der Waals surface area contributed by atoms with Gasteiger partial charge in [0, 0.05) is 29.2 Å². The van der Waals surface area contributed by atoms with Crippen molar-refractivity contribution in [2.75, 3.05) is 5.73 Å². The van der Waals surface area contributed by atoms with Crippen LogP contribution in [0, 0.1) is 0 Å². The molecule has 0 saturated heterocycles. The second kappa shape index (κ2) is 4.43. The van der Waals surface area contributed by atoms with Crippen LogP contribution in [-0.2, 0) is 5.75 Å². The van der Waals surface area contributed by atoms with Crippen molar-refractivity contribution in [3.63, 3.8) is 0 Å². The Morgan fingerprint density at radius 1 is 1.36 bits per heavy atom. The Balaban J connectivity index is 1.98. The van der Waals surface area contributed by atoms with E-state index in [9.17, 15) is 0 Å². The van der Waals surface area contributed by atoms with E-state index in [-0.39, 0.29) is 0 Å². The molecule has 0 atom stereocenters. The molecule has 0 aliphatic heterocycles. The van der Waals surface area contributed by atoms with Gasteiger partial charge in [-0.1, -0.05) is 11.8 Å². The zero-order valence-electron chi connectivity index (χ0n) is 7.38. The minimum absolute atomic E-state index is 0.759. The highest BCUT2D eigenvalue weighted by atomic mass is 32.2. The molecule has 0 amide bonds. The molecular weight excluding hydrogens is 214 g/mol. The van der Waals surface area contributed by atoms with E-state index in [0.29, 0.717) is 0 Å². The molecule has 0 aliphatic carbocycles. The van der Waals surface area contributed by atoms with Crippen molar-refractivity contribution in [3.05, 3.63) is 35.6 Å². The van der Waals surface area contributed by atoms with Crippen molar-refractivity contribution in [3.8, 4) is 0 Å². The van der Waals surface area contributed by atoms with Gasteiger partial charge in [-0.2, -0.15) is 0 Å². The summed E-state index contributed by atoms with van der Waals surface area (Å²) in [6.07, 6.45) is 3.53. The van der Waals surface area contributed by atoms with E-state index < -0.39 is 0 Å². The number of nitrogens with zero attached hydrogens (tertiary/aromatic N) is 2. The maximum Gasteiger partial charge on any atom is 0.150 e. The summed E-state index contributed by atoms with van der Waals surface area (Å²) in [7, 11) is 0. The van der Waals surface area contributed by atoms with E-state index in [1.54, 1.807) is 41.6 Å². The summed E-state index contributed by atoms with van der Waals surface area (Å²) in [5.41, 5.74) is 7.40. The van der Waals surface area contributed by atoms with Crippen molar-refractivity contribution in [2.45, 2.75) is 10.1 Å². The van der Waals surface area contributed by atoms with Crippen LogP contribution in [-0.4, -0.2) is 9.97 Å². The number of hydrogen-bond acceptors (Lipinski definition) is 5. The first-order chi connectivity index (χ1) is 6.84. The van der Waals surface area contributed by atoms with Gasteiger partial charge in [-0.05, 0) is 12.1 Å². The fourth-order valence-corrected chi connectivity index (χ4v) is 2.53. The highest BCUT2D eigenvalue weighted by molar-refractivity contribution is 8.00. The Morgan fingerprint density at radius 2 is 2.29 bits per heavy atom. The zero-order chi connectivity index (χ0) is 9.80. The van der Waals surface area contributed by atoms with E-state index in [1.807, 2.05) is 11.4 Å². The van der Waals surface area contributed by atoms with Gasteiger partial charge in [-0.25, -0.2) is 4.98 Å². The van der Waals surface area contributed by atoms with E-state index in [2.05, 4.69) is 9.97 Å². The smallest absolute Gasteiger partial charge is 0.150 e. The number of rotatable bonds is 3. The monoisotopic (exact) mass is 223 g/mol. The Morgan fingerprint density at radius 3 is 3.00 bits per heavy atom. The summed E-state index contributed by atoms with van der Waals surface area (Å²) >= 11 is 3.32. The SMILES string of the molecule is Nc1ccnc(CSc2nccs2)c1. The largest absolute Gasteiger partial charge is 0.399 e. The highest BCUT2D eigenvalue weighted by Gasteiger charge is 1.99. The van der Waals surface area contributed by atoms with Crippen LogP contribution in [0.25, 0.3) is 0 Å². The molecule has 2 rings (SSSR count). The van der Waals surface area contributed by atoms with Gasteiger partial charge in [0.05, 0.1) is 5.69 Å². The lowest BCUT2D eigenvalue weighted by Gasteiger charge is -1.98. The molecule has 2 aromatic heterocycles. The Labute approximate surface area is 90.4 Å². The van der Waals surface area contributed by atoms with Crippen molar-refractivity contribution in [2.24, 2.45) is 0 Å². The first-order valence-electron chi connectivity index (χ1n) is 4.07. The molecule has 2 aromatic rings. The van der Waals surface area contributed by atoms with Gasteiger partial charge < -0.3 is 5.73 Å². The summed E-state index contributed by atoms with van der Waals surface area (Å²) in [6.45, 7) is 0. The minimum Gasteiger partial charge on any atom is -0.399 e. The average Bonchev–Trinajstić information content (AvgIpc) is 2.67. The number of thioether (sulfide) groups is 1. The highest BCUT2D eigenvalue weighted by Crippen LogP contribution is 2.23. The predicted molar refractivity (Wildman–Crippen MR) is 60.3 cm³/mol. The lowest BCUT2D eigenvalue weighted by atomic mass is 10.3. The molecule has 0 saturated carbocycles. The Hall–Kier alpha value is -1.07. The third-order valence-corrected chi connectivity index (χ3v) is 3.59. The molecule has 0 unspecified atom stereocenters. The summed E-state index contributed by atoms with van der Waals surface area (Å²) < 4.78 is 1.06. The zero-order valence-corrected chi connectivity index (χ0v) is 9.02. The molecule has 14 heavy (non-hydrogen) atoms. The third-order valence-electron chi connectivity index (χ3n) is 1.59. The molecule has 0 radical (unpaired) electrons. The molecular formula is C9H9N3S2. The van der Waals surface area contributed by atoms with E-state index in [0.717, 1.165) is 21.5 Å². The lowest BCUT2D eigenvalue weighted by Crippen LogP contribution is -1.90. The number of pyridine rings is 1. The number of hydrogen-bond donors (Lipinski definition) is 1. The molecule has 0 aliphatic rings. The molecule has 3 nitrogen and oxygen atoms in total. The predicted octanol–water partition coefficient (Wildman–Crippen LogP) is 2.41. The molecule has 72 valence electrons. The summed E-state index contributed by atoms with van der Waals surface area (Å²) in [6, 6.07) is 3.68. The van der Waals surface area contributed by atoms with Gasteiger partial charge in [0.1, 0.15) is 4.34 Å². The molecule has 0 aromatic carbocycles. The van der Waals surface area contributed by atoms with Crippen molar-refractivity contribution in [1.82, 2.24) is 9.97 Å². The van der Waals surface area contributed by atoms with E-state index in [4.69, 9.17) is 5.73 Å². The van der Waals surface area contributed by atoms with E-state index >= 15 is 0 Å². The number of aromatic nitrogens is 2.